The number of benzene rings is 2. The maximum atomic E-state index is 15.4. The van der Waals surface area contributed by atoms with Crippen molar-refractivity contribution in [3.8, 4) is 17.1 Å². The highest BCUT2D eigenvalue weighted by molar-refractivity contribution is 5.84. The summed E-state index contributed by atoms with van der Waals surface area (Å²) in [6.45, 7) is 0.258. The van der Waals surface area contributed by atoms with Crippen LogP contribution in [-0.4, -0.2) is 48.0 Å². The molecule has 13 heteroatoms. The Morgan fingerprint density at radius 1 is 1.18 bits per heavy atom. The molecule has 1 aliphatic carbocycles. The van der Waals surface area contributed by atoms with Gasteiger partial charge >= 0.3 is 5.97 Å². The van der Waals surface area contributed by atoms with Gasteiger partial charge in [0.05, 0.1) is 23.0 Å². The molecule has 0 spiro atoms. The second-order valence-corrected chi connectivity index (χ2v) is 11.0. The summed E-state index contributed by atoms with van der Waals surface area (Å²) >= 11 is 0. The third-order valence-electron chi connectivity index (χ3n) is 7.84. The van der Waals surface area contributed by atoms with Crippen LogP contribution in [-0.2, 0) is 27.9 Å². The molecule has 0 bridgehead atoms. The lowest BCUT2D eigenvalue weighted by Gasteiger charge is -2.18. The molecular formula is C31H29FN8O4. The second-order valence-electron chi connectivity index (χ2n) is 11.0. The minimum absolute atomic E-state index is 0.0167. The zero-order valence-electron chi connectivity index (χ0n) is 23.9. The summed E-state index contributed by atoms with van der Waals surface area (Å²) in [5, 5.41) is 7.71. The molecule has 5 aromatic rings. The number of esters is 1. The number of hydrogen-bond acceptors (Lipinski definition) is 10. The Morgan fingerprint density at radius 3 is 2.80 bits per heavy atom. The lowest BCUT2D eigenvalue weighted by molar-refractivity contribution is -0.155. The molecule has 1 saturated heterocycles. The van der Waals surface area contributed by atoms with Gasteiger partial charge in [0.25, 0.3) is 5.56 Å². The Hall–Kier alpha value is -5.17. The van der Waals surface area contributed by atoms with Crippen molar-refractivity contribution < 1.29 is 18.7 Å². The minimum Gasteiger partial charge on any atom is -0.459 e. The molecule has 12 nitrogen and oxygen atoms in total. The number of pyridine rings is 1. The molecule has 1 unspecified atom stereocenters. The first-order valence-corrected chi connectivity index (χ1v) is 14.4. The van der Waals surface area contributed by atoms with Crippen LogP contribution >= 0.6 is 0 Å². The van der Waals surface area contributed by atoms with Crippen molar-refractivity contribution in [2.24, 2.45) is 7.05 Å². The standard InChI is InChI=1S/C31H29FN8O4/c1-39-15-20(14-34-39)35-31-37-27(36-30(33)38-31)21-4-2-5-24(22(21)16-44-29(42)25-6-3-11-43-25)40-10-9-18-12-19(17-7-8-17)13-23(32)26(18)28(40)41/h2,4-5,9-10,12-15,17,25H,3,6-8,11,16H2,1H3,(H3,33,35,36,37,38). The van der Waals surface area contributed by atoms with Gasteiger partial charge in [-0.3, -0.25) is 14.0 Å². The Balaban J connectivity index is 1.34. The molecule has 1 saturated carbocycles. The van der Waals surface area contributed by atoms with E-state index in [1.54, 1.807) is 54.6 Å². The van der Waals surface area contributed by atoms with Crippen LogP contribution in [0.1, 0.15) is 42.7 Å². The molecule has 2 aromatic carbocycles. The number of aromatic nitrogens is 6. The van der Waals surface area contributed by atoms with E-state index in [1.165, 1.54) is 10.6 Å². The first-order chi connectivity index (χ1) is 21.3. The fourth-order valence-electron chi connectivity index (χ4n) is 5.54. The van der Waals surface area contributed by atoms with Gasteiger partial charge in [0.2, 0.25) is 11.9 Å². The molecule has 1 aliphatic heterocycles. The van der Waals surface area contributed by atoms with Crippen LogP contribution in [0.4, 0.5) is 22.0 Å². The molecule has 4 heterocycles. The molecule has 224 valence electrons. The molecule has 2 aliphatic rings. The predicted octanol–water partition coefficient (Wildman–Crippen LogP) is 4.14. The number of fused-ring (bicyclic) bond motifs is 1. The van der Waals surface area contributed by atoms with Gasteiger partial charge in [-0.2, -0.15) is 20.1 Å². The fraction of sp³-hybridized carbons (Fsp3) is 0.290. The van der Waals surface area contributed by atoms with Crippen LogP contribution < -0.4 is 16.6 Å². The van der Waals surface area contributed by atoms with E-state index in [9.17, 15) is 9.59 Å². The summed E-state index contributed by atoms with van der Waals surface area (Å²) in [6.07, 6.45) is 7.65. The molecule has 44 heavy (non-hydrogen) atoms. The summed E-state index contributed by atoms with van der Waals surface area (Å²) in [4.78, 5) is 39.8. The topological polar surface area (TPSA) is 152 Å². The number of ether oxygens (including phenoxy) is 2. The average molecular weight is 597 g/mol. The smallest absolute Gasteiger partial charge is 0.335 e. The van der Waals surface area contributed by atoms with E-state index in [4.69, 9.17) is 15.2 Å². The highest BCUT2D eigenvalue weighted by atomic mass is 19.1. The van der Waals surface area contributed by atoms with Crippen LogP contribution in [0.5, 0.6) is 0 Å². The van der Waals surface area contributed by atoms with E-state index in [1.807, 2.05) is 6.07 Å². The van der Waals surface area contributed by atoms with Crippen molar-refractivity contribution in [1.82, 2.24) is 29.3 Å². The normalized spacial score (nSPS) is 16.4. The van der Waals surface area contributed by atoms with Crippen molar-refractivity contribution in [2.45, 2.75) is 44.3 Å². The van der Waals surface area contributed by atoms with Crippen LogP contribution in [0.2, 0.25) is 0 Å². The van der Waals surface area contributed by atoms with Crippen molar-refractivity contribution >= 4 is 34.3 Å². The van der Waals surface area contributed by atoms with Crippen LogP contribution in [0, 0.1) is 5.82 Å². The zero-order chi connectivity index (χ0) is 30.4. The fourth-order valence-corrected chi connectivity index (χ4v) is 5.54. The summed E-state index contributed by atoms with van der Waals surface area (Å²) < 4.78 is 29.6. The number of hydrogen-bond donors (Lipinski definition) is 2. The number of nitrogens with zero attached hydrogens (tertiary/aromatic N) is 6. The summed E-state index contributed by atoms with van der Waals surface area (Å²) in [7, 11) is 1.78. The number of nitrogens with one attached hydrogen (secondary N) is 1. The third kappa shape index (κ3) is 5.37. The van der Waals surface area contributed by atoms with Crippen molar-refractivity contribution in [3.63, 3.8) is 0 Å². The number of nitrogen functional groups attached to an aromatic ring is 1. The first-order valence-electron chi connectivity index (χ1n) is 14.4. The van der Waals surface area contributed by atoms with Crippen molar-refractivity contribution in [2.75, 3.05) is 17.7 Å². The largest absolute Gasteiger partial charge is 0.459 e. The van der Waals surface area contributed by atoms with E-state index in [-0.39, 0.29) is 29.7 Å². The lowest BCUT2D eigenvalue weighted by Crippen LogP contribution is -2.24. The summed E-state index contributed by atoms with van der Waals surface area (Å²) in [6, 6.07) is 10.2. The van der Waals surface area contributed by atoms with Gasteiger partial charge < -0.3 is 20.5 Å². The SMILES string of the molecule is Cn1cc(Nc2nc(N)nc(-c3cccc(-n4ccc5cc(C6CC6)cc(F)c5c4=O)c3COC(=O)C3CCCO3)n2)cn1. The van der Waals surface area contributed by atoms with E-state index in [0.29, 0.717) is 46.8 Å². The number of halogens is 1. The van der Waals surface area contributed by atoms with Gasteiger partial charge in [0.15, 0.2) is 11.9 Å². The van der Waals surface area contributed by atoms with Gasteiger partial charge in [0, 0.05) is 37.2 Å². The number of nitrogens with two attached hydrogens (primary N) is 1. The van der Waals surface area contributed by atoms with Gasteiger partial charge in [-0.05, 0) is 60.7 Å². The van der Waals surface area contributed by atoms with E-state index < -0.39 is 23.4 Å². The minimum atomic E-state index is -0.660. The zero-order valence-corrected chi connectivity index (χ0v) is 23.9. The molecule has 0 radical (unpaired) electrons. The van der Waals surface area contributed by atoms with Crippen molar-refractivity contribution in [3.05, 3.63) is 82.3 Å². The van der Waals surface area contributed by atoms with Crippen molar-refractivity contribution in [1.29, 1.82) is 0 Å². The Labute approximate surface area is 250 Å². The molecule has 2 fully saturated rings. The number of carbonyl (C=O) groups is 1. The number of aryl methyl sites for hydroxylation is 1. The molecule has 7 rings (SSSR count). The van der Waals surface area contributed by atoms with E-state index >= 15 is 4.39 Å². The maximum absolute atomic E-state index is 15.4. The summed E-state index contributed by atoms with van der Waals surface area (Å²) in [5.74, 6) is -0.439. The molecule has 1 atom stereocenters. The van der Waals surface area contributed by atoms with Gasteiger partial charge in [-0.1, -0.05) is 18.2 Å². The second kappa shape index (κ2) is 11.2. The van der Waals surface area contributed by atoms with Gasteiger partial charge in [0.1, 0.15) is 12.4 Å². The quantitative estimate of drug-likeness (QED) is 0.250. The Bertz CT molecular complexity index is 1960. The van der Waals surface area contributed by atoms with Crippen LogP contribution in [0.3, 0.4) is 0 Å². The average Bonchev–Trinajstić information content (AvgIpc) is 3.55. The van der Waals surface area contributed by atoms with Gasteiger partial charge in [-0.25, -0.2) is 9.18 Å². The predicted molar refractivity (Wildman–Crippen MR) is 160 cm³/mol. The van der Waals surface area contributed by atoms with E-state index in [2.05, 4.69) is 25.4 Å². The number of carbonyl (C=O) groups excluding carboxylic acids is 1. The van der Waals surface area contributed by atoms with E-state index in [0.717, 1.165) is 24.8 Å². The maximum Gasteiger partial charge on any atom is 0.335 e. The molecule has 3 N–H and O–H groups in total. The Kier molecular flexibility index (Phi) is 7.01. The highest BCUT2D eigenvalue weighted by Crippen LogP contribution is 2.41. The lowest BCUT2D eigenvalue weighted by atomic mass is 10.0. The number of anilines is 3. The first kappa shape index (κ1) is 27.7. The number of rotatable bonds is 8. The molecule has 3 aromatic heterocycles. The Morgan fingerprint density at radius 2 is 2.05 bits per heavy atom. The van der Waals surface area contributed by atoms with Crippen LogP contribution in [0.25, 0.3) is 27.8 Å². The third-order valence-corrected chi connectivity index (χ3v) is 7.84. The summed E-state index contributed by atoms with van der Waals surface area (Å²) in [5.41, 5.74) is 8.32. The molecule has 0 amide bonds. The molecular weight excluding hydrogens is 567 g/mol. The van der Waals surface area contributed by atoms with Gasteiger partial charge in [-0.15, -0.1) is 0 Å². The van der Waals surface area contributed by atoms with Crippen LogP contribution in [0.15, 0.2) is 59.8 Å². The monoisotopic (exact) mass is 596 g/mol. The highest BCUT2D eigenvalue weighted by Gasteiger charge is 2.27.